The lowest BCUT2D eigenvalue weighted by Gasteiger charge is -2.30. The maximum Gasteiger partial charge on any atom is 0.270 e. The van der Waals surface area contributed by atoms with Crippen LogP contribution < -0.4 is 5.32 Å². The van der Waals surface area contributed by atoms with Gasteiger partial charge in [0, 0.05) is 31.4 Å². The van der Waals surface area contributed by atoms with E-state index in [9.17, 15) is 9.59 Å². The van der Waals surface area contributed by atoms with Gasteiger partial charge in [-0.1, -0.05) is 0 Å². The lowest BCUT2D eigenvalue weighted by molar-refractivity contribution is 0.0903. The summed E-state index contributed by atoms with van der Waals surface area (Å²) in [6.45, 7) is 4.68. The first kappa shape index (κ1) is 14.4. The molecule has 2 aliphatic rings. The van der Waals surface area contributed by atoms with Gasteiger partial charge in [-0.3, -0.25) is 9.59 Å². The van der Waals surface area contributed by atoms with Crippen molar-refractivity contribution in [1.82, 2.24) is 15.2 Å². The van der Waals surface area contributed by atoms with Gasteiger partial charge in [0.25, 0.3) is 5.91 Å². The Bertz CT molecular complexity index is 770. The highest BCUT2D eigenvalue weighted by atomic mass is 16.3. The maximum absolute atomic E-state index is 12.4. The number of hydrogen-bond donors (Lipinski definition) is 1. The number of nitrogens with one attached hydrogen (secondary N) is 1. The van der Waals surface area contributed by atoms with Gasteiger partial charge < -0.3 is 14.6 Å². The monoisotopic (exact) mass is 313 g/mol. The van der Waals surface area contributed by atoms with Gasteiger partial charge in [0.15, 0.2) is 17.1 Å². The first-order chi connectivity index (χ1) is 11.1. The number of hydrogen-bond acceptors (Lipinski definition) is 5. The van der Waals surface area contributed by atoms with Gasteiger partial charge >= 0.3 is 0 Å². The summed E-state index contributed by atoms with van der Waals surface area (Å²) >= 11 is 0. The fourth-order valence-electron chi connectivity index (χ4n) is 3.67. The first-order valence-corrected chi connectivity index (χ1v) is 8.02. The van der Waals surface area contributed by atoms with Crippen molar-refractivity contribution >= 4 is 22.7 Å². The van der Waals surface area contributed by atoms with Gasteiger partial charge in [0.05, 0.1) is 6.20 Å². The van der Waals surface area contributed by atoms with Gasteiger partial charge in [-0.2, -0.15) is 0 Å². The molecule has 2 saturated heterocycles. The summed E-state index contributed by atoms with van der Waals surface area (Å²) < 4.78 is 5.40. The van der Waals surface area contributed by atoms with E-state index in [-0.39, 0.29) is 23.5 Å². The molecule has 3 atom stereocenters. The van der Waals surface area contributed by atoms with Crippen molar-refractivity contribution < 1.29 is 14.0 Å². The number of aromatic nitrogens is 1. The molecule has 2 bridgehead atoms. The Kier molecular flexibility index (Phi) is 3.41. The SMILES string of the molecule is CC(=O)c1cc2cc(C(=O)N[C@@H]3C[C@H]4CCN(C4)C3)ncc2o1. The van der Waals surface area contributed by atoms with Crippen molar-refractivity contribution in [2.75, 3.05) is 19.6 Å². The Morgan fingerprint density at radius 2 is 2.22 bits per heavy atom. The third-order valence-corrected chi connectivity index (χ3v) is 4.79. The van der Waals surface area contributed by atoms with E-state index in [1.165, 1.54) is 26.1 Å². The molecule has 2 fully saturated rings. The third kappa shape index (κ3) is 2.74. The van der Waals surface area contributed by atoms with Crippen LogP contribution in [0.4, 0.5) is 0 Å². The third-order valence-electron chi connectivity index (χ3n) is 4.79. The van der Waals surface area contributed by atoms with Crippen molar-refractivity contribution in [3.63, 3.8) is 0 Å². The molecule has 6 heteroatoms. The van der Waals surface area contributed by atoms with Crippen molar-refractivity contribution in [2.45, 2.75) is 25.8 Å². The van der Waals surface area contributed by atoms with Crippen LogP contribution in [0.2, 0.25) is 0 Å². The van der Waals surface area contributed by atoms with Crippen LogP contribution >= 0.6 is 0 Å². The van der Waals surface area contributed by atoms with Gasteiger partial charge in [-0.05, 0) is 37.4 Å². The summed E-state index contributed by atoms with van der Waals surface area (Å²) in [5.41, 5.74) is 0.884. The van der Waals surface area contributed by atoms with Crippen LogP contribution in [0.15, 0.2) is 22.7 Å². The van der Waals surface area contributed by atoms with Crippen LogP contribution in [-0.2, 0) is 0 Å². The summed E-state index contributed by atoms with van der Waals surface area (Å²) in [4.78, 5) is 30.4. The van der Waals surface area contributed by atoms with Crippen LogP contribution in [0, 0.1) is 5.92 Å². The number of furan rings is 1. The fourth-order valence-corrected chi connectivity index (χ4v) is 3.67. The van der Waals surface area contributed by atoms with Crippen LogP contribution in [0.3, 0.4) is 0 Å². The molecule has 1 N–H and O–H groups in total. The molecule has 0 radical (unpaired) electrons. The molecule has 2 aromatic heterocycles. The second-order valence-corrected chi connectivity index (χ2v) is 6.59. The van der Waals surface area contributed by atoms with Crippen LogP contribution in [-0.4, -0.2) is 47.3 Å². The van der Waals surface area contributed by atoms with E-state index in [0.717, 1.165) is 24.9 Å². The Hall–Kier alpha value is -2.21. The number of carbonyl (C=O) groups excluding carboxylic acids is 2. The summed E-state index contributed by atoms with van der Waals surface area (Å²) in [7, 11) is 0. The summed E-state index contributed by atoms with van der Waals surface area (Å²) in [6.07, 6.45) is 3.79. The number of pyridine rings is 1. The van der Waals surface area contributed by atoms with Gasteiger partial charge in [0.1, 0.15) is 5.69 Å². The van der Waals surface area contributed by atoms with E-state index >= 15 is 0 Å². The van der Waals surface area contributed by atoms with E-state index < -0.39 is 0 Å². The zero-order valence-electron chi connectivity index (χ0n) is 13.0. The Balaban J connectivity index is 1.51. The molecule has 120 valence electrons. The molecule has 1 unspecified atom stereocenters. The summed E-state index contributed by atoms with van der Waals surface area (Å²) in [6, 6.07) is 3.53. The zero-order chi connectivity index (χ0) is 16.0. The number of rotatable bonds is 3. The van der Waals surface area contributed by atoms with Crippen LogP contribution in [0.5, 0.6) is 0 Å². The molecule has 1 amide bonds. The van der Waals surface area contributed by atoms with E-state index in [1.807, 2.05) is 0 Å². The average molecular weight is 313 g/mol. The minimum Gasteiger partial charge on any atom is -0.451 e. The maximum atomic E-state index is 12.4. The van der Waals surface area contributed by atoms with Crippen LogP contribution in [0.1, 0.15) is 40.8 Å². The quantitative estimate of drug-likeness (QED) is 0.875. The summed E-state index contributed by atoms with van der Waals surface area (Å²) in [5.74, 6) is 0.691. The van der Waals surface area contributed by atoms with Crippen molar-refractivity contribution in [3.8, 4) is 0 Å². The van der Waals surface area contributed by atoms with Gasteiger partial charge in [-0.15, -0.1) is 0 Å². The topological polar surface area (TPSA) is 75.4 Å². The number of fused-ring (bicyclic) bond motifs is 3. The standard InChI is InChI=1S/C17H19N3O3/c1-10(21)15-6-12-5-14(18-7-16(12)23-15)17(22)19-13-4-11-2-3-20(8-11)9-13/h5-7,11,13H,2-4,8-9H2,1H3,(H,19,22)/t11-,13-/m1/s1. The lowest BCUT2D eigenvalue weighted by atomic mass is 9.97. The van der Waals surface area contributed by atoms with E-state index in [0.29, 0.717) is 17.2 Å². The molecule has 0 aromatic carbocycles. The Morgan fingerprint density at radius 1 is 1.35 bits per heavy atom. The van der Waals surface area contributed by atoms with Crippen molar-refractivity contribution in [3.05, 3.63) is 29.8 Å². The average Bonchev–Trinajstić information content (AvgIpc) is 3.09. The van der Waals surface area contributed by atoms with E-state index in [1.54, 1.807) is 12.1 Å². The van der Waals surface area contributed by atoms with Crippen molar-refractivity contribution in [2.24, 2.45) is 5.92 Å². The number of amides is 1. The van der Waals surface area contributed by atoms with Crippen molar-refractivity contribution in [1.29, 1.82) is 0 Å². The molecule has 0 aliphatic carbocycles. The number of Topliss-reactive ketones (excluding diaryl/α,β-unsaturated/α-hetero) is 1. The van der Waals surface area contributed by atoms with Gasteiger partial charge in [-0.25, -0.2) is 4.98 Å². The molecule has 23 heavy (non-hydrogen) atoms. The smallest absolute Gasteiger partial charge is 0.270 e. The number of carbonyl (C=O) groups is 2. The normalized spacial score (nSPS) is 26.4. The molecular weight excluding hydrogens is 294 g/mol. The predicted octanol–water partition coefficient (Wildman–Crippen LogP) is 1.85. The molecule has 6 nitrogen and oxygen atoms in total. The second kappa shape index (κ2) is 5.45. The molecule has 2 aliphatic heterocycles. The number of piperidine rings is 1. The van der Waals surface area contributed by atoms with E-state index in [4.69, 9.17) is 4.42 Å². The Labute approximate surface area is 133 Å². The van der Waals surface area contributed by atoms with Crippen LogP contribution in [0.25, 0.3) is 11.0 Å². The van der Waals surface area contributed by atoms with Gasteiger partial charge in [0.2, 0.25) is 0 Å². The summed E-state index contributed by atoms with van der Waals surface area (Å²) in [5, 5.41) is 3.81. The predicted molar refractivity (Wildman–Crippen MR) is 84.4 cm³/mol. The first-order valence-electron chi connectivity index (χ1n) is 8.02. The highest BCUT2D eigenvalue weighted by Gasteiger charge is 2.33. The fraction of sp³-hybridized carbons (Fsp3) is 0.471. The zero-order valence-corrected chi connectivity index (χ0v) is 13.0. The highest BCUT2D eigenvalue weighted by molar-refractivity contribution is 5.99. The molecule has 4 heterocycles. The molecular formula is C17H19N3O3. The molecule has 0 saturated carbocycles. The number of nitrogens with zero attached hydrogens (tertiary/aromatic N) is 2. The lowest BCUT2D eigenvalue weighted by Crippen LogP contribution is -2.47. The minimum atomic E-state index is -0.162. The highest BCUT2D eigenvalue weighted by Crippen LogP contribution is 2.27. The second-order valence-electron chi connectivity index (χ2n) is 6.59. The Morgan fingerprint density at radius 3 is 3.00 bits per heavy atom. The largest absolute Gasteiger partial charge is 0.451 e. The number of ketones is 1. The molecule has 0 spiro atoms. The molecule has 4 rings (SSSR count). The molecule has 2 aromatic rings. The minimum absolute atomic E-state index is 0.140. The van der Waals surface area contributed by atoms with E-state index in [2.05, 4.69) is 15.2 Å².